The zero-order chi connectivity index (χ0) is 19.2. The molecule has 1 aliphatic rings. The molecule has 0 unspecified atom stereocenters. The summed E-state index contributed by atoms with van der Waals surface area (Å²) in [6, 6.07) is 9.32. The van der Waals surface area contributed by atoms with Gasteiger partial charge in [-0.15, -0.1) is 0 Å². The lowest BCUT2D eigenvalue weighted by molar-refractivity contribution is -0.115. The van der Waals surface area contributed by atoms with Gasteiger partial charge in [0.25, 0.3) is 0 Å². The van der Waals surface area contributed by atoms with Crippen LogP contribution < -0.4 is 19.7 Å². The quantitative estimate of drug-likeness (QED) is 0.839. The normalized spacial score (nSPS) is 14.7. The molecule has 0 bridgehead atoms. The molecule has 1 amide bonds. The van der Waals surface area contributed by atoms with Crippen molar-refractivity contribution < 1.29 is 14.3 Å². The van der Waals surface area contributed by atoms with Crippen LogP contribution in [-0.4, -0.2) is 63.2 Å². The van der Waals surface area contributed by atoms with Crippen LogP contribution in [-0.2, 0) is 11.2 Å². The van der Waals surface area contributed by atoms with E-state index in [1.165, 1.54) is 0 Å². The van der Waals surface area contributed by atoms with E-state index in [2.05, 4.69) is 27.1 Å². The number of nitrogens with zero attached hydrogens (tertiary/aromatic N) is 3. The number of piperazine rings is 1. The van der Waals surface area contributed by atoms with Crippen LogP contribution in [0, 0.1) is 0 Å². The Morgan fingerprint density at radius 1 is 1.07 bits per heavy atom. The average Bonchev–Trinajstić information content (AvgIpc) is 2.69. The zero-order valence-corrected chi connectivity index (χ0v) is 16.1. The fourth-order valence-corrected chi connectivity index (χ4v) is 3.06. The molecule has 3 rings (SSSR count). The number of benzene rings is 1. The number of likely N-dealkylation sites (N-methyl/N-ethyl adjacent to an activating group) is 1. The van der Waals surface area contributed by atoms with Crippen molar-refractivity contribution >= 4 is 17.4 Å². The summed E-state index contributed by atoms with van der Waals surface area (Å²) in [5.74, 6) is 2.10. The summed E-state index contributed by atoms with van der Waals surface area (Å²) in [5, 5.41) is 2.89. The first kappa shape index (κ1) is 19.0. The number of rotatable bonds is 6. The molecule has 1 fully saturated rings. The van der Waals surface area contributed by atoms with Crippen molar-refractivity contribution in [3.05, 3.63) is 42.1 Å². The first-order valence-electron chi connectivity index (χ1n) is 8.99. The largest absolute Gasteiger partial charge is 0.493 e. The summed E-state index contributed by atoms with van der Waals surface area (Å²) < 4.78 is 10.5. The predicted molar refractivity (Wildman–Crippen MR) is 106 cm³/mol. The molecule has 144 valence electrons. The number of anilines is 2. The van der Waals surface area contributed by atoms with Gasteiger partial charge < -0.3 is 24.6 Å². The molecule has 1 N–H and O–H groups in total. The van der Waals surface area contributed by atoms with Crippen LogP contribution in [0.15, 0.2) is 36.5 Å². The van der Waals surface area contributed by atoms with Gasteiger partial charge >= 0.3 is 0 Å². The SMILES string of the molecule is COc1ccc(CC(=O)Nc2ccc(N3CCN(C)CC3)nc2)cc1OC. The van der Waals surface area contributed by atoms with Crippen LogP contribution in [0.1, 0.15) is 5.56 Å². The Balaban J connectivity index is 1.58. The average molecular weight is 370 g/mol. The summed E-state index contributed by atoms with van der Waals surface area (Å²) in [7, 11) is 5.29. The second kappa shape index (κ2) is 8.73. The van der Waals surface area contributed by atoms with Gasteiger partial charge in [-0.05, 0) is 36.9 Å². The standard InChI is InChI=1S/C20H26N4O3/c1-23-8-10-24(11-9-23)19-7-5-16(14-21-19)22-20(25)13-15-4-6-17(26-2)18(12-15)27-3/h4-7,12,14H,8-11,13H2,1-3H3,(H,22,25). The molecule has 0 spiro atoms. The van der Waals surface area contributed by atoms with Crippen LogP contribution in [0.25, 0.3) is 0 Å². The van der Waals surface area contributed by atoms with E-state index in [1.54, 1.807) is 26.5 Å². The number of hydrogen-bond donors (Lipinski definition) is 1. The van der Waals surface area contributed by atoms with Gasteiger partial charge in [-0.2, -0.15) is 0 Å². The highest BCUT2D eigenvalue weighted by Gasteiger charge is 2.15. The molecule has 2 heterocycles. The lowest BCUT2D eigenvalue weighted by Crippen LogP contribution is -2.44. The van der Waals surface area contributed by atoms with Crippen molar-refractivity contribution in [3.63, 3.8) is 0 Å². The van der Waals surface area contributed by atoms with Gasteiger partial charge in [-0.3, -0.25) is 4.79 Å². The molecule has 7 nitrogen and oxygen atoms in total. The summed E-state index contributed by atoms with van der Waals surface area (Å²) in [6.07, 6.45) is 1.96. The van der Waals surface area contributed by atoms with E-state index in [9.17, 15) is 4.79 Å². The lowest BCUT2D eigenvalue weighted by atomic mass is 10.1. The van der Waals surface area contributed by atoms with E-state index in [0.29, 0.717) is 17.2 Å². The number of carbonyl (C=O) groups excluding carboxylic acids is 1. The maximum Gasteiger partial charge on any atom is 0.228 e. The van der Waals surface area contributed by atoms with Gasteiger partial charge in [0, 0.05) is 26.2 Å². The minimum absolute atomic E-state index is 0.101. The highest BCUT2D eigenvalue weighted by Crippen LogP contribution is 2.27. The van der Waals surface area contributed by atoms with Crippen molar-refractivity contribution in [2.75, 3.05) is 57.7 Å². The van der Waals surface area contributed by atoms with Crippen LogP contribution >= 0.6 is 0 Å². The highest BCUT2D eigenvalue weighted by atomic mass is 16.5. The Labute approximate surface area is 159 Å². The minimum atomic E-state index is -0.101. The van der Waals surface area contributed by atoms with Gasteiger partial charge in [-0.25, -0.2) is 4.98 Å². The Kier molecular flexibility index (Phi) is 6.13. The number of amides is 1. The fourth-order valence-electron chi connectivity index (χ4n) is 3.06. The Hall–Kier alpha value is -2.80. The summed E-state index contributed by atoms with van der Waals surface area (Å²) >= 11 is 0. The Morgan fingerprint density at radius 3 is 2.44 bits per heavy atom. The molecule has 1 aromatic carbocycles. The van der Waals surface area contributed by atoms with E-state index >= 15 is 0 Å². The monoisotopic (exact) mass is 370 g/mol. The van der Waals surface area contributed by atoms with Gasteiger partial charge in [0.2, 0.25) is 5.91 Å². The second-order valence-electron chi connectivity index (χ2n) is 6.61. The zero-order valence-electron chi connectivity index (χ0n) is 16.1. The summed E-state index contributed by atoms with van der Waals surface area (Å²) in [6.45, 7) is 4.00. The number of ether oxygens (including phenoxy) is 2. The third-order valence-corrected chi connectivity index (χ3v) is 4.67. The number of hydrogen-bond acceptors (Lipinski definition) is 6. The molecule has 0 saturated carbocycles. The van der Waals surface area contributed by atoms with Gasteiger partial charge in [0.05, 0.1) is 32.5 Å². The summed E-state index contributed by atoms with van der Waals surface area (Å²) in [5.41, 5.74) is 1.55. The number of carbonyl (C=O) groups is 1. The van der Waals surface area contributed by atoms with E-state index in [1.807, 2.05) is 24.3 Å². The van der Waals surface area contributed by atoms with Gasteiger partial charge in [-0.1, -0.05) is 6.07 Å². The number of nitrogens with one attached hydrogen (secondary N) is 1. The van der Waals surface area contributed by atoms with Crippen molar-refractivity contribution in [1.82, 2.24) is 9.88 Å². The summed E-state index contributed by atoms with van der Waals surface area (Å²) in [4.78, 5) is 21.4. The molecule has 0 radical (unpaired) electrons. The van der Waals surface area contributed by atoms with Crippen molar-refractivity contribution in [2.45, 2.75) is 6.42 Å². The van der Waals surface area contributed by atoms with Gasteiger partial charge in [0.15, 0.2) is 11.5 Å². The maximum atomic E-state index is 12.3. The number of pyridine rings is 1. The Bertz CT molecular complexity index is 771. The molecular formula is C20H26N4O3. The minimum Gasteiger partial charge on any atom is -0.493 e. The van der Waals surface area contributed by atoms with E-state index in [-0.39, 0.29) is 12.3 Å². The molecule has 2 aromatic rings. The molecule has 1 saturated heterocycles. The third kappa shape index (κ3) is 4.89. The molecule has 7 heteroatoms. The molecule has 27 heavy (non-hydrogen) atoms. The smallest absolute Gasteiger partial charge is 0.228 e. The van der Waals surface area contributed by atoms with Crippen LogP contribution in [0.4, 0.5) is 11.5 Å². The first-order chi connectivity index (χ1) is 13.1. The second-order valence-corrected chi connectivity index (χ2v) is 6.61. The van der Waals surface area contributed by atoms with E-state index < -0.39 is 0 Å². The van der Waals surface area contributed by atoms with Crippen LogP contribution in [0.2, 0.25) is 0 Å². The van der Waals surface area contributed by atoms with Crippen molar-refractivity contribution in [2.24, 2.45) is 0 Å². The van der Waals surface area contributed by atoms with Gasteiger partial charge in [0.1, 0.15) is 5.82 Å². The predicted octanol–water partition coefficient (Wildman–Crippen LogP) is 2.03. The lowest BCUT2D eigenvalue weighted by Gasteiger charge is -2.33. The molecule has 0 aliphatic carbocycles. The van der Waals surface area contributed by atoms with Crippen LogP contribution in [0.5, 0.6) is 11.5 Å². The number of aromatic nitrogens is 1. The third-order valence-electron chi connectivity index (χ3n) is 4.67. The Morgan fingerprint density at radius 2 is 1.81 bits per heavy atom. The van der Waals surface area contributed by atoms with Crippen molar-refractivity contribution in [3.8, 4) is 11.5 Å². The molecular weight excluding hydrogens is 344 g/mol. The first-order valence-corrected chi connectivity index (χ1v) is 8.99. The molecule has 1 aliphatic heterocycles. The topological polar surface area (TPSA) is 66.9 Å². The number of methoxy groups -OCH3 is 2. The maximum absolute atomic E-state index is 12.3. The molecule has 0 atom stereocenters. The van der Waals surface area contributed by atoms with Crippen molar-refractivity contribution in [1.29, 1.82) is 0 Å². The van der Waals surface area contributed by atoms with E-state index in [0.717, 1.165) is 37.6 Å². The van der Waals surface area contributed by atoms with E-state index in [4.69, 9.17) is 9.47 Å². The molecule has 1 aromatic heterocycles. The highest BCUT2D eigenvalue weighted by molar-refractivity contribution is 5.92. The van der Waals surface area contributed by atoms with Crippen LogP contribution in [0.3, 0.4) is 0 Å². The fraction of sp³-hybridized carbons (Fsp3) is 0.400.